The van der Waals surface area contributed by atoms with Crippen molar-refractivity contribution in [3.63, 3.8) is 0 Å². The van der Waals surface area contributed by atoms with E-state index in [0.717, 1.165) is 11.3 Å². The molecule has 2 aromatic rings. The number of hydrogen-bond acceptors (Lipinski definition) is 4. The van der Waals surface area contributed by atoms with Gasteiger partial charge in [-0.15, -0.1) is 0 Å². The number of aromatic nitrogens is 1. The number of rotatable bonds is 3. The van der Waals surface area contributed by atoms with Gasteiger partial charge in [0.05, 0.1) is 15.3 Å². The van der Waals surface area contributed by atoms with Crippen LogP contribution in [-0.2, 0) is 0 Å². The quantitative estimate of drug-likeness (QED) is 0.796. The lowest BCUT2D eigenvalue weighted by Crippen LogP contribution is -2.27. The Morgan fingerprint density at radius 1 is 1.45 bits per heavy atom. The molecular formula is C14H15IN2O3. The van der Waals surface area contributed by atoms with Gasteiger partial charge in [0.1, 0.15) is 11.5 Å². The summed E-state index contributed by atoms with van der Waals surface area (Å²) in [6.07, 6.45) is 0. The third-order valence-electron chi connectivity index (χ3n) is 3.08. The van der Waals surface area contributed by atoms with Crippen LogP contribution in [0.25, 0.3) is 0 Å². The zero-order valence-electron chi connectivity index (χ0n) is 11.4. The number of benzene rings is 1. The maximum Gasteiger partial charge on any atom is 0.251 e. The van der Waals surface area contributed by atoms with Crippen LogP contribution in [0.3, 0.4) is 0 Å². The number of aromatic hydroxyl groups is 1. The van der Waals surface area contributed by atoms with E-state index < -0.39 is 0 Å². The van der Waals surface area contributed by atoms with Crippen molar-refractivity contribution in [2.45, 2.75) is 26.8 Å². The zero-order valence-corrected chi connectivity index (χ0v) is 13.6. The van der Waals surface area contributed by atoms with Gasteiger partial charge in [-0.05, 0) is 61.6 Å². The molecule has 0 aliphatic rings. The number of amides is 1. The number of phenols is 1. The molecule has 0 fully saturated rings. The molecule has 0 saturated heterocycles. The average molecular weight is 386 g/mol. The maximum atomic E-state index is 12.2. The first kappa shape index (κ1) is 14.8. The molecule has 20 heavy (non-hydrogen) atoms. The Kier molecular flexibility index (Phi) is 4.32. The largest absolute Gasteiger partial charge is 0.507 e. The third kappa shape index (κ3) is 2.95. The van der Waals surface area contributed by atoms with E-state index in [1.54, 1.807) is 12.1 Å². The number of phenolic OH excluding ortho intramolecular Hbond substituents is 1. The molecule has 106 valence electrons. The topological polar surface area (TPSA) is 75.4 Å². The fourth-order valence-corrected chi connectivity index (χ4v) is 2.45. The van der Waals surface area contributed by atoms with Crippen molar-refractivity contribution in [2.75, 3.05) is 0 Å². The summed E-state index contributed by atoms with van der Waals surface area (Å²) in [5.41, 5.74) is 2.07. The molecule has 2 N–H and O–H groups in total. The monoisotopic (exact) mass is 386 g/mol. The lowest BCUT2D eigenvalue weighted by molar-refractivity contribution is 0.0939. The highest BCUT2D eigenvalue weighted by molar-refractivity contribution is 14.1. The van der Waals surface area contributed by atoms with E-state index in [9.17, 15) is 9.90 Å². The summed E-state index contributed by atoms with van der Waals surface area (Å²) < 4.78 is 5.80. The SMILES string of the molecule is Cc1noc(C)c1C(C)NC(=O)c1ccc(I)c(O)c1. The summed E-state index contributed by atoms with van der Waals surface area (Å²) in [5, 5.41) is 16.4. The fraction of sp³-hybridized carbons (Fsp3) is 0.286. The molecule has 1 heterocycles. The highest BCUT2D eigenvalue weighted by Crippen LogP contribution is 2.23. The third-order valence-corrected chi connectivity index (χ3v) is 3.99. The number of aryl methyl sites for hydroxylation is 2. The van der Waals surface area contributed by atoms with Gasteiger partial charge in [-0.1, -0.05) is 5.16 Å². The Morgan fingerprint density at radius 3 is 2.70 bits per heavy atom. The van der Waals surface area contributed by atoms with Crippen molar-refractivity contribution in [3.8, 4) is 5.75 Å². The first-order valence-electron chi connectivity index (χ1n) is 6.12. The van der Waals surface area contributed by atoms with Gasteiger partial charge in [0.25, 0.3) is 5.91 Å². The predicted octanol–water partition coefficient (Wildman–Crippen LogP) is 3.09. The summed E-state index contributed by atoms with van der Waals surface area (Å²) in [6, 6.07) is 4.62. The van der Waals surface area contributed by atoms with Crippen LogP contribution in [0.1, 0.15) is 40.3 Å². The Labute approximate surface area is 130 Å². The van der Waals surface area contributed by atoms with Gasteiger partial charge >= 0.3 is 0 Å². The minimum Gasteiger partial charge on any atom is -0.507 e. The maximum absolute atomic E-state index is 12.2. The van der Waals surface area contributed by atoms with E-state index in [1.807, 2.05) is 43.4 Å². The van der Waals surface area contributed by atoms with Gasteiger partial charge in [0, 0.05) is 11.1 Å². The van der Waals surface area contributed by atoms with Gasteiger partial charge < -0.3 is 14.9 Å². The molecule has 0 aliphatic carbocycles. The molecular weight excluding hydrogens is 371 g/mol. The molecule has 6 heteroatoms. The fourth-order valence-electron chi connectivity index (χ4n) is 2.11. The normalized spacial score (nSPS) is 12.2. The summed E-state index contributed by atoms with van der Waals surface area (Å²) in [5.74, 6) is 0.549. The number of nitrogens with zero attached hydrogens (tertiary/aromatic N) is 1. The van der Waals surface area contributed by atoms with E-state index in [1.165, 1.54) is 6.07 Å². The van der Waals surface area contributed by atoms with Gasteiger partial charge in [0.15, 0.2) is 0 Å². The molecule has 1 aromatic carbocycles. The zero-order chi connectivity index (χ0) is 14.9. The van der Waals surface area contributed by atoms with Crippen molar-refractivity contribution in [1.82, 2.24) is 10.5 Å². The van der Waals surface area contributed by atoms with Crippen LogP contribution in [0.15, 0.2) is 22.7 Å². The molecule has 0 spiro atoms. The second kappa shape index (κ2) is 5.82. The second-order valence-electron chi connectivity index (χ2n) is 4.60. The van der Waals surface area contributed by atoms with Gasteiger partial charge in [-0.2, -0.15) is 0 Å². The van der Waals surface area contributed by atoms with Crippen LogP contribution in [0.4, 0.5) is 0 Å². The lowest BCUT2D eigenvalue weighted by Gasteiger charge is -2.14. The molecule has 0 radical (unpaired) electrons. The molecule has 1 aromatic heterocycles. The van der Waals surface area contributed by atoms with Gasteiger partial charge in [0.2, 0.25) is 0 Å². The molecule has 0 saturated carbocycles. The number of hydrogen-bond donors (Lipinski definition) is 2. The van der Waals surface area contributed by atoms with Gasteiger partial charge in [-0.3, -0.25) is 4.79 Å². The minimum absolute atomic E-state index is 0.100. The summed E-state index contributed by atoms with van der Waals surface area (Å²) in [7, 11) is 0. The van der Waals surface area contributed by atoms with Crippen LogP contribution in [0.5, 0.6) is 5.75 Å². The lowest BCUT2D eigenvalue weighted by atomic mass is 10.1. The summed E-state index contributed by atoms with van der Waals surface area (Å²) in [6.45, 7) is 5.52. The number of nitrogens with one attached hydrogen (secondary N) is 1. The predicted molar refractivity (Wildman–Crippen MR) is 82.7 cm³/mol. The molecule has 5 nitrogen and oxygen atoms in total. The second-order valence-corrected chi connectivity index (χ2v) is 5.76. The molecule has 1 amide bonds. The smallest absolute Gasteiger partial charge is 0.251 e. The van der Waals surface area contributed by atoms with Crippen LogP contribution >= 0.6 is 22.6 Å². The van der Waals surface area contributed by atoms with E-state index in [4.69, 9.17) is 4.52 Å². The number of carbonyl (C=O) groups excluding carboxylic acids is 1. The molecule has 0 bridgehead atoms. The highest BCUT2D eigenvalue weighted by Gasteiger charge is 2.19. The standard InChI is InChI=1S/C14H15IN2O3/c1-7(13-8(2)17-20-9(13)3)16-14(19)10-4-5-11(15)12(18)6-10/h4-7,18H,1-3H3,(H,16,19). The minimum atomic E-state index is -0.246. The Morgan fingerprint density at radius 2 is 2.15 bits per heavy atom. The molecule has 0 aliphatic heterocycles. The van der Waals surface area contributed by atoms with E-state index in [0.29, 0.717) is 14.9 Å². The van der Waals surface area contributed by atoms with Crippen LogP contribution in [0.2, 0.25) is 0 Å². The first-order chi connectivity index (χ1) is 9.40. The van der Waals surface area contributed by atoms with Crippen molar-refractivity contribution in [1.29, 1.82) is 0 Å². The van der Waals surface area contributed by atoms with Crippen molar-refractivity contribution in [2.24, 2.45) is 0 Å². The molecule has 1 unspecified atom stereocenters. The first-order valence-corrected chi connectivity index (χ1v) is 7.20. The Hall–Kier alpha value is -1.57. The van der Waals surface area contributed by atoms with Crippen molar-refractivity contribution < 1.29 is 14.4 Å². The van der Waals surface area contributed by atoms with Crippen LogP contribution in [0, 0.1) is 17.4 Å². The van der Waals surface area contributed by atoms with E-state index in [-0.39, 0.29) is 17.7 Å². The Balaban J connectivity index is 2.17. The van der Waals surface area contributed by atoms with E-state index >= 15 is 0 Å². The molecule has 1 atom stereocenters. The van der Waals surface area contributed by atoms with E-state index in [2.05, 4.69) is 10.5 Å². The van der Waals surface area contributed by atoms with Crippen molar-refractivity contribution >= 4 is 28.5 Å². The average Bonchev–Trinajstić information content (AvgIpc) is 2.72. The highest BCUT2D eigenvalue weighted by atomic mass is 127. The number of halogens is 1. The Bertz CT molecular complexity index is 632. The summed E-state index contributed by atoms with van der Waals surface area (Å²) in [4.78, 5) is 12.2. The number of carbonyl (C=O) groups is 1. The molecule has 2 rings (SSSR count). The van der Waals surface area contributed by atoms with Crippen molar-refractivity contribution in [3.05, 3.63) is 44.4 Å². The van der Waals surface area contributed by atoms with Gasteiger partial charge in [-0.25, -0.2) is 0 Å². The summed E-state index contributed by atoms with van der Waals surface area (Å²) >= 11 is 2.00. The van der Waals surface area contributed by atoms with Crippen LogP contribution in [-0.4, -0.2) is 16.2 Å². The van der Waals surface area contributed by atoms with Crippen LogP contribution < -0.4 is 5.32 Å².